The molecule has 13 rings (SSSR count). The van der Waals surface area contributed by atoms with Crippen LogP contribution in [0.25, 0.3) is 10.8 Å². The summed E-state index contributed by atoms with van der Waals surface area (Å²) in [5.41, 5.74) is 0. The van der Waals surface area contributed by atoms with Crippen LogP contribution < -0.4 is 0 Å². The maximum absolute atomic E-state index is 2.12. The SMILES string of the molecule is C1=CCC=C1.C1C2CC3CC1CC(C2)C3.C1CC2CCC1C2.C1CCC1.C1CCCC1.C1CCCCC1.c1ccc2ccccc2c1.c1ccccc1. The van der Waals surface area contributed by atoms with Crippen LogP contribution in [0.4, 0.5) is 0 Å². The van der Waals surface area contributed by atoms with E-state index >= 15 is 0 Å². The molecule has 0 spiro atoms. The molecule has 9 saturated carbocycles. The first-order valence-electron chi connectivity index (χ1n) is 23.1. The van der Waals surface area contributed by atoms with E-state index < -0.39 is 0 Å². The summed E-state index contributed by atoms with van der Waals surface area (Å²) in [5, 5.41) is 2.62. The Morgan fingerprint density at radius 1 is 0.264 bits per heavy atom. The van der Waals surface area contributed by atoms with Crippen molar-refractivity contribution in [2.75, 3.05) is 0 Å². The third-order valence-corrected chi connectivity index (χ3v) is 13.4. The Labute approximate surface area is 327 Å². The van der Waals surface area contributed by atoms with Gasteiger partial charge >= 0.3 is 0 Å². The molecule has 0 unspecified atom stereocenters. The Morgan fingerprint density at radius 2 is 0.491 bits per heavy atom. The molecule has 0 atom stereocenters. The highest BCUT2D eigenvalue weighted by Crippen LogP contribution is 2.53. The van der Waals surface area contributed by atoms with E-state index in [1.165, 1.54) is 143 Å². The average Bonchev–Trinajstić information content (AvgIpc) is 4.06. The minimum atomic E-state index is 1.14. The minimum Gasteiger partial charge on any atom is -0.0808 e. The Balaban J connectivity index is 0.000000119. The molecule has 0 heteroatoms. The molecule has 3 aromatic rings. The molecule has 0 nitrogen and oxygen atoms in total. The zero-order chi connectivity index (χ0) is 36.4. The van der Waals surface area contributed by atoms with Crippen molar-refractivity contribution in [1.29, 1.82) is 0 Å². The van der Waals surface area contributed by atoms with Gasteiger partial charge in [0.2, 0.25) is 0 Å². The van der Waals surface area contributed by atoms with Gasteiger partial charge in [-0.15, -0.1) is 0 Å². The summed E-state index contributed by atoms with van der Waals surface area (Å²) in [4.78, 5) is 0. The first kappa shape index (κ1) is 41.6. The molecule has 6 bridgehead atoms. The quantitative estimate of drug-likeness (QED) is 0.217. The Hall–Kier alpha value is -2.60. The van der Waals surface area contributed by atoms with Gasteiger partial charge in [0.15, 0.2) is 0 Å². The van der Waals surface area contributed by atoms with Crippen LogP contribution in [-0.2, 0) is 0 Å². The lowest BCUT2D eigenvalue weighted by Gasteiger charge is -2.49. The highest BCUT2D eigenvalue weighted by Gasteiger charge is 2.41. The summed E-state index contributed by atoms with van der Waals surface area (Å²) < 4.78 is 0. The van der Waals surface area contributed by atoms with Crippen LogP contribution in [0.5, 0.6) is 0 Å². The third-order valence-electron chi connectivity index (χ3n) is 13.4. The summed E-state index contributed by atoms with van der Waals surface area (Å²) in [7, 11) is 0. The van der Waals surface area contributed by atoms with Gasteiger partial charge in [-0.05, 0) is 97.6 Å². The number of rotatable bonds is 0. The molecular weight excluding hydrogens is 637 g/mol. The molecule has 0 radical (unpaired) electrons. The van der Waals surface area contributed by atoms with Crippen LogP contribution in [0.2, 0.25) is 0 Å². The van der Waals surface area contributed by atoms with Gasteiger partial charge in [-0.3, -0.25) is 0 Å². The summed E-state index contributed by atoms with van der Waals surface area (Å²) in [6.45, 7) is 0. The highest BCUT2D eigenvalue weighted by molar-refractivity contribution is 5.82. The molecule has 10 aliphatic carbocycles. The predicted molar refractivity (Wildman–Crippen MR) is 234 cm³/mol. The Morgan fingerprint density at radius 3 is 0.660 bits per heavy atom. The lowest BCUT2D eigenvalue weighted by atomic mass is 9.56. The molecule has 0 aliphatic heterocycles. The zero-order valence-electron chi connectivity index (χ0n) is 33.9. The van der Waals surface area contributed by atoms with E-state index in [0.29, 0.717) is 0 Å². The topological polar surface area (TPSA) is 0 Å². The fraction of sp³-hybridized carbons (Fsp3) is 0.623. The van der Waals surface area contributed by atoms with Gasteiger partial charge in [0, 0.05) is 0 Å². The number of benzene rings is 3. The third kappa shape index (κ3) is 17.6. The van der Waals surface area contributed by atoms with Crippen LogP contribution in [0.1, 0.15) is 173 Å². The second-order valence-electron chi connectivity index (χ2n) is 17.9. The monoisotopic (exact) mass is 715 g/mol. The molecule has 3 aromatic carbocycles. The second-order valence-corrected chi connectivity index (χ2v) is 17.9. The predicted octanol–water partition coefficient (Wildman–Crippen LogP) is 16.9. The van der Waals surface area contributed by atoms with E-state index in [4.69, 9.17) is 0 Å². The first-order chi connectivity index (χ1) is 26.3. The summed E-state index contributed by atoms with van der Waals surface area (Å²) in [5.74, 6) is 7.05. The molecule has 9 fully saturated rings. The summed E-state index contributed by atoms with van der Waals surface area (Å²) in [6.07, 6.45) is 49.4. The van der Waals surface area contributed by atoms with Crippen LogP contribution in [0.15, 0.2) is 109 Å². The molecule has 0 amide bonds. The maximum Gasteiger partial charge on any atom is -0.0163 e. The molecule has 0 aromatic heterocycles. The van der Waals surface area contributed by atoms with E-state index in [1.54, 1.807) is 70.6 Å². The van der Waals surface area contributed by atoms with Crippen molar-refractivity contribution >= 4 is 10.8 Å². The molecule has 290 valence electrons. The van der Waals surface area contributed by atoms with Crippen molar-refractivity contribution in [2.24, 2.45) is 35.5 Å². The van der Waals surface area contributed by atoms with E-state index in [9.17, 15) is 0 Å². The smallest absolute Gasteiger partial charge is 0.0163 e. The number of hydrogen-bond acceptors (Lipinski definition) is 0. The van der Waals surface area contributed by atoms with Gasteiger partial charge in [0.05, 0.1) is 0 Å². The van der Waals surface area contributed by atoms with Crippen molar-refractivity contribution in [1.82, 2.24) is 0 Å². The fourth-order valence-corrected chi connectivity index (χ4v) is 10.3. The number of fused-ring (bicyclic) bond motifs is 3. The van der Waals surface area contributed by atoms with Crippen molar-refractivity contribution in [3.05, 3.63) is 109 Å². The average molecular weight is 715 g/mol. The van der Waals surface area contributed by atoms with Gasteiger partial charge in [-0.1, -0.05) is 231 Å². The van der Waals surface area contributed by atoms with Gasteiger partial charge in [0.25, 0.3) is 0 Å². The van der Waals surface area contributed by atoms with Crippen LogP contribution in [0, 0.1) is 35.5 Å². The van der Waals surface area contributed by atoms with Gasteiger partial charge in [-0.25, -0.2) is 0 Å². The molecule has 53 heavy (non-hydrogen) atoms. The van der Waals surface area contributed by atoms with Gasteiger partial charge < -0.3 is 0 Å². The van der Waals surface area contributed by atoms with E-state index in [0.717, 1.165) is 6.42 Å². The van der Waals surface area contributed by atoms with E-state index in [1.807, 2.05) is 36.4 Å². The lowest BCUT2D eigenvalue weighted by Crippen LogP contribution is -2.38. The molecule has 10 aliphatic rings. The summed E-state index contributed by atoms with van der Waals surface area (Å²) >= 11 is 0. The normalized spacial score (nSPS) is 28.5. The molecular formula is C53H78. The molecule has 0 N–H and O–H groups in total. The zero-order valence-corrected chi connectivity index (χ0v) is 33.9. The summed E-state index contributed by atoms with van der Waals surface area (Å²) in [6, 6.07) is 28.7. The van der Waals surface area contributed by atoms with Gasteiger partial charge in [0.1, 0.15) is 0 Å². The fourth-order valence-electron chi connectivity index (χ4n) is 10.3. The largest absolute Gasteiger partial charge is 0.0808 e. The highest BCUT2D eigenvalue weighted by atomic mass is 14.5. The van der Waals surface area contributed by atoms with Crippen LogP contribution >= 0.6 is 0 Å². The van der Waals surface area contributed by atoms with Crippen molar-refractivity contribution in [2.45, 2.75) is 173 Å². The van der Waals surface area contributed by atoms with Crippen molar-refractivity contribution in [3.63, 3.8) is 0 Å². The lowest BCUT2D eigenvalue weighted by molar-refractivity contribution is 0.0198. The first-order valence-corrected chi connectivity index (χ1v) is 23.1. The number of allylic oxidation sites excluding steroid dienone is 4. The molecule has 0 heterocycles. The number of hydrogen-bond donors (Lipinski definition) is 0. The van der Waals surface area contributed by atoms with Crippen molar-refractivity contribution < 1.29 is 0 Å². The standard InChI is InChI=1S/C10H16.C10H8.C7H12.C6H12.C6H6.C5H10.C5H6.C4H8/c1-7-2-9-4-8(1)5-10(3-7)6-9;1-2-6-10-8-4-3-7-9(10)5-1;1-2-7-4-3-6(1)5-7;2*1-2-4-6-5-3-1;2*1-2-4-5-3-1;1-2-4-3-1/h7-10H,1-6H2;1-8H;6-7H,1-5H2;1-6H2;1-6H;1-5H2;1-4H,5H2;1-4H2. The Kier molecular flexibility index (Phi) is 20.6. The second kappa shape index (κ2) is 26.2. The van der Waals surface area contributed by atoms with Crippen LogP contribution in [0.3, 0.4) is 0 Å². The van der Waals surface area contributed by atoms with E-state index in [-0.39, 0.29) is 0 Å². The van der Waals surface area contributed by atoms with Crippen molar-refractivity contribution in [3.8, 4) is 0 Å². The molecule has 0 saturated heterocycles. The minimum absolute atomic E-state index is 1.14. The van der Waals surface area contributed by atoms with Crippen LogP contribution in [-0.4, -0.2) is 0 Å². The van der Waals surface area contributed by atoms with E-state index in [2.05, 4.69) is 72.8 Å². The van der Waals surface area contributed by atoms with Gasteiger partial charge in [-0.2, -0.15) is 0 Å². The maximum atomic E-state index is 2.12. The Bertz CT molecular complexity index is 1150.